The highest BCUT2D eigenvalue weighted by molar-refractivity contribution is 6.07. The van der Waals surface area contributed by atoms with Crippen LogP contribution in [0.1, 0.15) is 13.8 Å². The van der Waals surface area contributed by atoms with E-state index in [0.717, 1.165) is 0 Å². The quantitative estimate of drug-likeness (QED) is 0.489. The Bertz CT molecular complexity index is 197. The number of guanidine groups is 1. The zero-order valence-electron chi connectivity index (χ0n) is 6.36. The van der Waals surface area contributed by atoms with Gasteiger partial charge in [0.25, 0.3) is 5.91 Å². The lowest BCUT2D eigenvalue weighted by molar-refractivity contribution is -0.124. The van der Waals surface area contributed by atoms with Gasteiger partial charge < -0.3 is 4.90 Å². The summed E-state index contributed by atoms with van der Waals surface area (Å²) in [6.07, 6.45) is 0. The average Bonchev–Trinajstić information content (AvgIpc) is 1.97. The fourth-order valence-corrected chi connectivity index (χ4v) is 0.776. The Kier molecular flexibility index (Phi) is 1.21. The van der Waals surface area contributed by atoms with Crippen LogP contribution in [-0.2, 0) is 4.79 Å². The van der Waals surface area contributed by atoms with E-state index in [1.54, 1.807) is 25.8 Å². The lowest BCUT2D eigenvalue weighted by Gasteiger charge is -2.24. The van der Waals surface area contributed by atoms with Crippen molar-refractivity contribution < 1.29 is 4.79 Å². The lowest BCUT2D eigenvalue weighted by atomic mass is 10.1. The van der Waals surface area contributed by atoms with E-state index < -0.39 is 5.54 Å². The van der Waals surface area contributed by atoms with Crippen LogP contribution in [0.15, 0.2) is 0 Å². The van der Waals surface area contributed by atoms with Gasteiger partial charge in [-0.2, -0.15) is 0 Å². The molecule has 10 heavy (non-hydrogen) atoms. The van der Waals surface area contributed by atoms with E-state index in [1.165, 1.54) is 0 Å². The Morgan fingerprint density at radius 2 is 2.10 bits per heavy atom. The van der Waals surface area contributed by atoms with Gasteiger partial charge in [-0.3, -0.25) is 15.5 Å². The fraction of sp³-hybridized carbons (Fsp3) is 0.667. The lowest BCUT2D eigenvalue weighted by Crippen LogP contribution is -2.41. The molecule has 1 aliphatic heterocycles. The Hall–Kier alpha value is -1.06. The van der Waals surface area contributed by atoms with Gasteiger partial charge in [-0.05, 0) is 13.8 Å². The number of carbonyl (C=O) groups excluding carboxylic acids is 1. The summed E-state index contributed by atoms with van der Waals surface area (Å²) in [4.78, 5) is 12.6. The fourth-order valence-electron chi connectivity index (χ4n) is 0.776. The summed E-state index contributed by atoms with van der Waals surface area (Å²) < 4.78 is 0. The SMILES string of the molecule is CN1C(=N)NC(=O)C1(C)C. The molecular formula is C6H11N3O. The first-order chi connectivity index (χ1) is 4.46. The van der Waals surface area contributed by atoms with Gasteiger partial charge in [-0.25, -0.2) is 0 Å². The number of nitrogens with one attached hydrogen (secondary N) is 2. The van der Waals surface area contributed by atoms with Crippen molar-refractivity contribution >= 4 is 11.9 Å². The van der Waals surface area contributed by atoms with Crippen molar-refractivity contribution in [1.29, 1.82) is 5.41 Å². The molecule has 0 unspecified atom stereocenters. The van der Waals surface area contributed by atoms with E-state index in [4.69, 9.17) is 5.41 Å². The zero-order chi connectivity index (χ0) is 7.94. The highest BCUT2D eigenvalue weighted by Gasteiger charge is 2.40. The normalized spacial score (nSPS) is 23.3. The summed E-state index contributed by atoms with van der Waals surface area (Å²) in [6.45, 7) is 3.56. The van der Waals surface area contributed by atoms with Gasteiger partial charge in [-0.15, -0.1) is 0 Å². The molecule has 1 saturated heterocycles. The first-order valence-electron chi connectivity index (χ1n) is 3.10. The molecule has 2 N–H and O–H groups in total. The number of hydrogen-bond acceptors (Lipinski definition) is 2. The molecular weight excluding hydrogens is 130 g/mol. The maximum Gasteiger partial charge on any atom is 0.252 e. The molecule has 0 saturated carbocycles. The minimum absolute atomic E-state index is 0.111. The Morgan fingerprint density at radius 3 is 2.20 bits per heavy atom. The van der Waals surface area contributed by atoms with Crippen LogP contribution in [0.4, 0.5) is 0 Å². The van der Waals surface area contributed by atoms with E-state index in [-0.39, 0.29) is 11.9 Å². The Morgan fingerprint density at radius 1 is 1.60 bits per heavy atom. The molecule has 4 nitrogen and oxygen atoms in total. The largest absolute Gasteiger partial charge is 0.332 e. The molecule has 0 aliphatic carbocycles. The van der Waals surface area contributed by atoms with Gasteiger partial charge in [0.05, 0.1) is 0 Å². The van der Waals surface area contributed by atoms with Crippen molar-refractivity contribution in [2.24, 2.45) is 0 Å². The standard InChI is InChI=1S/C6H11N3O/c1-6(2)4(10)8-5(7)9(6)3/h1-3H3,(H2,7,8,10). The number of carbonyl (C=O) groups is 1. The van der Waals surface area contributed by atoms with Crippen LogP contribution in [0.5, 0.6) is 0 Å². The topological polar surface area (TPSA) is 56.2 Å². The van der Waals surface area contributed by atoms with Crippen LogP contribution in [0.3, 0.4) is 0 Å². The zero-order valence-corrected chi connectivity index (χ0v) is 6.36. The maximum absolute atomic E-state index is 11.0. The highest BCUT2D eigenvalue weighted by atomic mass is 16.2. The maximum atomic E-state index is 11.0. The summed E-state index contributed by atoms with van der Waals surface area (Å²) >= 11 is 0. The molecule has 4 heteroatoms. The third kappa shape index (κ3) is 0.683. The average molecular weight is 141 g/mol. The monoisotopic (exact) mass is 141 g/mol. The first kappa shape index (κ1) is 7.05. The third-order valence-electron chi connectivity index (χ3n) is 1.96. The summed E-state index contributed by atoms with van der Waals surface area (Å²) in [7, 11) is 1.72. The van der Waals surface area contributed by atoms with Gasteiger partial charge in [0.2, 0.25) is 0 Å². The molecule has 0 aromatic carbocycles. The van der Waals surface area contributed by atoms with Crippen LogP contribution in [0.2, 0.25) is 0 Å². The van der Waals surface area contributed by atoms with Crippen molar-refractivity contribution in [3.05, 3.63) is 0 Å². The Balaban J connectivity index is 2.96. The Labute approximate surface area is 59.7 Å². The first-order valence-corrected chi connectivity index (χ1v) is 3.10. The predicted molar refractivity (Wildman–Crippen MR) is 37.7 cm³/mol. The second kappa shape index (κ2) is 1.71. The van der Waals surface area contributed by atoms with Crippen molar-refractivity contribution in [2.75, 3.05) is 7.05 Å². The number of amides is 1. The van der Waals surface area contributed by atoms with Crippen LogP contribution in [0.25, 0.3) is 0 Å². The van der Waals surface area contributed by atoms with Gasteiger partial charge in [0.15, 0.2) is 5.96 Å². The molecule has 0 aromatic heterocycles. The molecule has 1 amide bonds. The second-order valence-corrected chi connectivity index (χ2v) is 2.92. The summed E-state index contributed by atoms with van der Waals surface area (Å²) in [5.41, 5.74) is -0.558. The number of likely N-dealkylation sites (N-methyl/N-ethyl adjacent to an activating group) is 1. The van der Waals surface area contributed by atoms with Crippen LogP contribution < -0.4 is 5.32 Å². The number of hydrogen-bond donors (Lipinski definition) is 2. The molecule has 1 fully saturated rings. The number of rotatable bonds is 0. The molecule has 1 rings (SSSR count). The van der Waals surface area contributed by atoms with Crippen molar-refractivity contribution in [3.63, 3.8) is 0 Å². The predicted octanol–water partition coefficient (Wildman–Crippen LogP) is -0.239. The van der Waals surface area contributed by atoms with Crippen LogP contribution in [-0.4, -0.2) is 29.4 Å². The molecule has 0 aromatic rings. The van der Waals surface area contributed by atoms with Crippen LogP contribution >= 0.6 is 0 Å². The summed E-state index contributed by atoms with van der Waals surface area (Å²) in [5, 5.41) is 9.66. The number of nitrogens with zero attached hydrogens (tertiary/aromatic N) is 1. The molecule has 0 atom stereocenters. The molecule has 0 radical (unpaired) electrons. The summed E-state index contributed by atoms with van der Waals surface area (Å²) in [5.74, 6) is 0.0648. The van der Waals surface area contributed by atoms with E-state index in [9.17, 15) is 4.79 Å². The molecule has 1 aliphatic rings. The van der Waals surface area contributed by atoms with E-state index in [0.29, 0.717) is 0 Å². The molecule has 0 spiro atoms. The third-order valence-corrected chi connectivity index (χ3v) is 1.96. The molecule has 1 heterocycles. The van der Waals surface area contributed by atoms with Gasteiger partial charge in [0.1, 0.15) is 5.54 Å². The summed E-state index contributed by atoms with van der Waals surface area (Å²) in [6, 6.07) is 0. The second-order valence-electron chi connectivity index (χ2n) is 2.92. The van der Waals surface area contributed by atoms with E-state index in [2.05, 4.69) is 5.32 Å². The smallest absolute Gasteiger partial charge is 0.252 e. The van der Waals surface area contributed by atoms with Crippen LogP contribution in [0, 0.1) is 5.41 Å². The van der Waals surface area contributed by atoms with Crippen molar-refractivity contribution in [1.82, 2.24) is 10.2 Å². The minimum atomic E-state index is -0.558. The van der Waals surface area contributed by atoms with Gasteiger partial charge in [0, 0.05) is 7.05 Å². The van der Waals surface area contributed by atoms with Gasteiger partial charge >= 0.3 is 0 Å². The van der Waals surface area contributed by atoms with E-state index >= 15 is 0 Å². The van der Waals surface area contributed by atoms with Crippen molar-refractivity contribution in [2.45, 2.75) is 19.4 Å². The highest BCUT2D eigenvalue weighted by Crippen LogP contribution is 2.16. The van der Waals surface area contributed by atoms with Crippen molar-refractivity contribution in [3.8, 4) is 0 Å². The minimum Gasteiger partial charge on any atom is -0.332 e. The van der Waals surface area contributed by atoms with Gasteiger partial charge in [-0.1, -0.05) is 0 Å². The molecule has 0 bridgehead atoms. The molecule has 56 valence electrons. The van der Waals surface area contributed by atoms with E-state index in [1.807, 2.05) is 0 Å².